The van der Waals surface area contributed by atoms with Gasteiger partial charge in [0.1, 0.15) is 30.3 Å². The highest BCUT2D eigenvalue weighted by Gasteiger charge is 2.54. The Balaban J connectivity index is 1.40. The molecule has 0 radical (unpaired) electrons. The number of esters is 1. The average Bonchev–Trinajstić information content (AvgIpc) is 3.07. The highest BCUT2D eigenvalue weighted by Crippen LogP contribution is 2.42. The van der Waals surface area contributed by atoms with Gasteiger partial charge in [0.25, 0.3) is 0 Å². The molecule has 1 aromatic carbocycles. The van der Waals surface area contributed by atoms with E-state index in [2.05, 4.69) is 0 Å². The molecule has 6 heteroatoms. The van der Waals surface area contributed by atoms with Gasteiger partial charge in [-0.1, -0.05) is 0 Å². The summed E-state index contributed by atoms with van der Waals surface area (Å²) in [5.41, 5.74) is 0. The summed E-state index contributed by atoms with van der Waals surface area (Å²) in [7, 11) is 1.63. The molecule has 0 amide bonds. The van der Waals surface area contributed by atoms with E-state index >= 15 is 0 Å². The van der Waals surface area contributed by atoms with Crippen molar-refractivity contribution in [1.29, 1.82) is 0 Å². The van der Waals surface area contributed by atoms with Crippen molar-refractivity contribution < 1.29 is 28.5 Å². The summed E-state index contributed by atoms with van der Waals surface area (Å²) in [6.45, 7) is 0.394. The first-order valence-corrected chi connectivity index (χ1v) is 7.50. The van der Waals surface area contributed by atoms with E-state index in [1.165, 1.54) is 0 Å². The molecule has 3 fully saturated rings. The summed E-state index contributed by atoms with van der Waals surface area (Å²) in [6.07, 6.45) is 0.366. The molecular formula is C16H18O6. The Morgan fingerprint density at radius 1 is 1.18 bits per heavy atom. The minimum Gasteiger partial charge on any atom is -0.497 e. The lowest BCUT2D eigenvalue weighted by Crippen LogP contribution is -2.41. The number of methoxy groups -OCH3 is 1. The van der Waals surface area contributed by atoms with Crippen LogP contribution in [0.4, 0.5) is 0 Å². The van der Waals surface area contributed by atoms with Gasteiger partial charge in [-0.3, -0.25) is 4.79 Å². The highest BCUT2D eigenvalue weighted by molar-refractivity contribution is 5.72. The van der Waals surface area contributed by atoms with Gasteiger partial charge in [0.05, 0.1) is 19.6 Å². The van der Waals surface area contributed by atoms with Crippen LogP contribution in [0.3, 0.4) is 0 Å². The first kappa shape index (κ1) is 13.8. The maximum atomic E-state index is 11.5. The molecular weight excluding hydrogens is 288 g/mol. The van der Waals surface area contributed by atoms with Crippen LogP contribution in [0.5, 0.6) is 11.5 Å². The van der Waals surface area contributed by atoms with Crippen LogP contribution in [0.25, 0.3) is 0 Å². The smallest absolute Gasteiger partial charge is 0.306 e. The Morgan fingerprint density at radius 2 is 1.95 bits per heavy atom. The summed E-state index contributed by atoms with van der Waals surface area (Å²) >= 11 is 0. The summed E-state index contributed by atoms with van der Waals surface area (Å²) in [4.78, 5) is 11.5. The molecule has 5 atom stereocenters. The third kappa shape index (κ3) is 2.42. The SMILES string of the molecule is COc1ccc(OC[C@@H]2O[C@H]3C[C@@H]4OC(=O)C[C@@H]4[C@@H]2O3)cc1. The van der Waals surface area contributed by atoms with Crippen molar-refractivity contribution in [3.63, 3.8) is 0 Å². The van der Waals surface area contributed by atoms with Gasteiger partial charge in [0.15, 0.2) is 6.29 Å². The molecule has 0 aromatic heterocycles. The summed E-state index contributed by atoms with van der Waals surface area (Å²) in [5, 5.41) is 0. The summed E-state index contributed by atoms with van der Waals surface area (Å²) in [6, 6.07) is 7.40. The number of fused-ring (bicyclic) bond motifs is 4. The fourth-order valence-corrected chi connectivity index (χ4v) is 3.41. The number of rotatable bonds is 4. The minimum atomic E-state index is -0.290. The lowest BCUT2D eigenvalue weighted by Gasteiger charge is -2.28. The van der Waals surface area contributed by atoms with Gasteiger partial charge in [-0.05, 0) is 24.3 Å². The van der Waals surface area contributed by atoms with E-state index in [-0.39, 0.29) is 36.5 Å². The largest absolute Gasteiger partial charge is 0.497 e. The van der Waals surface area contributed by atoms with Gasteiger partial charge in [0.2, 0.25) is 0 Å². The summed E-state index contributed by atoms with van der Waals surface area (Å²) in [5.74, 6) is 1.48. The van der Waals surface area contributed by atoms with Crippen LogP contribution in [0.15, 0.2) is 24.3 Å². The van der Waals surface area contributed by atoms with Crippen molar-refractivity contribution in [2.45, 2.75) is 37.4 Å². The maximum absolute atomic E-state index is 11.5. The Labute approximate surface area is 128 Å². The van der Waals surface area contributed by atoms with Crippen molar-refractivity contribution in [1.82, 2.24) is 0 Å². The van der Waals surface area contributed by atoms with Crippen molar-refractivity contribution in [3.8, 4) is 11.5 Å². The predicted octanol–water partition coefficient (Wildman–Crippen LogP) is 1.52. The van der Waals surface area contributed by atoms with Crippen LogP contribution < -0.4 is 9.47 Å². The zero-order valence-electron chi connectivity index (χ0n) is 12.3. The Hall–Kier alpha value is -1.79. The van der Waals surface area contributed by atoms with E-state index in [1.807, 2.05) is 24.3 Å². The van der Waals surface area contributed by atoms with Crippen molar-refractivity contribution in [2.24, 2.45) is 5.92 Å². The Morgan fingerprint density at radius 3 is 2.73 bits per heavy atom. The van der Waals surface area contributed by atoms with Gasteiger partial charge in [-0.25, -0.2) is 0 Å². The molecule has 3 heterocycles. The average molecular weight is 306 g/mol. The van der Waals surface area contributed by atoms with Crippen LogP contribution in [-0.4, -0.2) is 44.3 Å². The normalized spacial score (nSPS) is 35.9. The number of ether oxygens (including phenoxy) is 5. The number of carbonyl (C=O) groups is 1. The quantitative estimate of drug-likeness (QED) is 0.786. The van der Waals surface area contributed by atoms with Crippen LogP contribution in [0, 0.1) is 5.92 Å². The van der Waals surface area contributed by atoms with Crippen molar-refractivity contribution in [3.05, 3.63) is 24.3 Å². The molecule has 3 aliphatic rings. The van der Waals surface area contributed by atoms with E-state index < -0.39 is 0 Å². The molecule has 0 aliphatic carbocycles. The predicted molar refractivity (Wildman–Crippen MR) is 74.6 cm³/mol. The van der Waals surface area contributed by atoms with Gasteiger partial charge in [-0.15, -0.1) is 0 Å². The van der Waals surface area contributed by atoms with Gasteiger partial charge < -0.3 is 23.7 Å². The molecule has 22 heavy (non-hydrogen) atoms. The highest BCUT2D eigenvalue weighted by atomic mass is 16.7. The van der Waals surface area contributed by atoms with Crippen LogP contribution in [-0.2, 0) is 19.0 Å². The van der Waals surface area contributed by atoms with Crippen LogP contribution in [0.1, 0.15) is 12.8 Å². The molecule has 4 rings (SSSR count). The van der Waals surface area contributed by atoms with Gasteiger partial charge in [0, 0.05) is 12.3 Å². The Bertz CT molecular complexity index is 556. The zero-order valence-corrected chi connectivity index (χ0v) is 12.3. The number of hydrogen-bond donors (Lipinski definition) is 0. The first-order chi connectivity index (χ1) is 10.7. The lowest BCUT2D eigenvalue weighted by molar-refractivity contribution is -0.153. The second-order valence-electron chi connectivity index (χ2n) is 5.82. The second kappa shape index (κ2) is 5.44. The van der Waals surface area contributed by atoms with E-state index in [4.69, 9.17) is 23.7 Å². The molecule has 1 aromatic rings. The summed E-state index contributed by atoms with van der Waals surface area (Å²) < 4.78 is 27.9. The van der Waals surface area contributed by atoms with Crippen molar-refractivity contribution in [2.75, 3.05) is 13.7 Å². The molecule has 6 nitrogen and oxygen atoms in total. The van der Waals surface area contributed by atoms with E-state index in [1.54, 1.807) is 7.11 Å². The van der Waals surface area contributed by atoms with E-state index in [0.29, 0.717) is 19.4 Å². The molecule has 3 aliphatic heterocycles. The standard InChI is InChI=1S/C16H18O6/c1-18-9-2-4-10(5-3-9)19-8-13-16-11-6-14(17)20-12(11)7-15(21-13)22-16/h2-5,11-13,15-16H,6-8H2,1H3/t11-,12-,13-,15+,16-/m0/s1. The second-order valence-corrected chi connectivity index (χ2v) is 5.82. The topological polar surface area (TPSA) is 63.2 Å². The number of carbonyl (C=O) groups excluding carboxylic acids is 1. The third-order valence-electron chi connectivity index (χ3n) is 4.49. The van der Waals surface area contributed by atoms with E-state index in [9.17, 15) is 4.79 Å². The zero-order chi connectivity index (χ0) is 15.1. The molecule has 0 spiro atoms. The number of benzene rings is 1. The minimum absolute atomic E-state index is 0.0674. The molecule has 2 bridgehead atoms. The molecule has 118 valence electrons. The molecule has 0 saturated carbocycles. The lowest BCUT2D eigenvalue weighted by atomic mass is 9.89. The Kier molecular flexibility index (Phi) is 3.43. The number of hydrogen-bond acceptors (Lipinski definition) is 6. The van der Waals surface area contributed by atoms with Crippen molar-refractivity contribution >= 4 is 5.97 Å². The molecule has 3 saturated heterocycles. The van der Waals surface area contributed by atoms with Crippen LogP contribution >= 0.6 is 0 Å². The van der Waals surface area contributed by atoms with Crippen LogP contribution in [0.2, 0.25) is 0 Å². The van der Waals surface area contributed by atoms with Gasteiger partial charge in [-0.2, -0.15) is 0 Å². The monoisotopic (exact) mass is 306 g/mol. The first-order valence-electron chi connectivity index (χ1n) is 7.50. The van der Waals surface area contributed by atoms with Gasteiger partial charge >= 0.3 is 5.97 Å². The van der Waals surface area contributed by atoms with E-state index in [0.717, 1.165) is 11.5 Å². The third-order valence-corrected chi connectivity index (χ3v) is 4.49. The molecule has 0 N–H and O–H groups in total. The fourth-order valence-electron chi connectivity index (χ4n) is 3.41. The fraction of sp³-hybridized carbons (Fsp3) is 0.562. The maximum Gasteiger partial charge on any atom is 0.306 e. The molecule has 0 unspecified atom stereocenters.